The first-order valence-corrected chi connectivity index (χ1v) is 8.86. The van der Waals surface area contributed by atoms with Crippen LogP contribution < -0.4 is 0 Å². The van der Waals surface area contributed by atoms with Gasteiger partial charge in [-0.15, -0.1) is 0 Å². The molecule has 0 aliphatic carbocycles. The molecule has 2 aromatic carbocycles. The van der Waals surface area contributed by atoms with Crippen LogP contribution in [-0.2, 0) is 6.54 Å². The molecule has 132 valence electrons. The highest BCUT2D eigenvalue weighted by atomic mass is 19.1. The average molecular weight is 340 g/mol. The molecule has 0 radical (unpaired) electrons. The maximum atomic E-state index is 13.0. The monoisotopic (exact) mass is 340 g/mol. The first-order valence-electron chi connectivity index (χ1n) is 8.86. The van der Waals surface area contributed by atoms with Crippen molar-refractivity contribution in [2.75, 3.05) is 26.2 Å². The summed E-state index contributed by atoms with van der Waals surface area (Å²) in [7, 11) is 0. The second kappa shape index (κ2) is 7.79. The molecule has 1 amide bonds. The van der Waals surface area contributed by atoms with E-state index in [1.165, 1.54) is 17.7 Å². The molecule has 1 fully saturated rings. The molecule has 0 aromatic heterocycles. The Kier molecular flexibility index (Phi) is 5.49. The quantitative estimate of drug-likeness (QED) is 0.849. The molecule has 1 aliphatic rings. The summed E-state index contributed by atoms with van der Waals surface area (Å²) in [4.78, 5) is 17.1. The molecule has 1 aliphatic heterocycles. The Morgan fingerprint density at radius 2 is 1.76 bits per heavy atom. The van der Waals surface area contributed by atoms with Crippen molar-refractivity contribution < 1.29 is 9.18 Å². The van der Waals surface area contributed by atoms with Gasteiger partial charge < -0.3 is 4.90 Å². The number of aryl methyl sites for hydroxylation is 2. The zero-order valence-electron chi connectivity index (χ0n) is 15.0. The minimum Gasteiger partial charge on any atom is -0.337 e. The molecule has 3 nitrogen and oxygen atoms in total. The number of hydrogen-bond acceptors (Lipinski definition) is 2. The van der Waals surface area contributed by atoms with Gasteiger partial charge in [0.15, 0.2) is 0 Å². The van der Waals surface area contributed by atoms with Gasteiger partial charge in [-0.25, -0.2) is 4.39 Å². The largest absolute Gasteiger partial charge is 0.337 e. The molecule has 0 spiro atoms. The van der Waals surface area contributed by atoms with Gasteiger partial charge in [-0.1, -0.05) is 29.8 Å². The van der Waals surface area contributed by atoms with Crippen molar-refractivity contribution in [3.63, 3.8) is 0 Å². The van der Waals surface area contributed by atoms with Crippen molar-refractivity contribution in [2.24, 2.45) is 0 Å². The summed E-state index contributed by atoms with van der Waals surface area (Å²) in [5, 5.41) is 0. The van der Waals surface area contributed by atoms with Crippen LogP contribution in [0.2, 0.25) is 0 Å². The van der Waals surface area contributed by atoms with Gasteiger partial charge in [-0.05, 0) is 49.6 Å². The van der Waals surface area contributed by atoms with Crippen LogP contribution in [0.15, 0.2) is 42.5 Å². The lowest BCUT2D eigenvalue weighted by atomic mass is 10.0. The van der Waals surface area contributed by atoms with Crippen LogP contribution in [0.3, 0.4) is 0 Å². The van der Waals surface area contributed by atoms with Crippen LogP contribution in [0.4, 0.5) is 4.39 Å². The van der Waals surface area contributed by atoms with Crippen molar-refractivity contribution in [3.05, 3.63) is 70.5 Å². The Bertz CT molecular complexity index is 742. The summed E-state index contributed by atoms with van der Waals surface area (Å²) >= 11 is 0. The van der Waals surface area contributed by atoms with E-state index in [1.807, 2.05) is 43.0 Å². The summed E-state index contributed by atoms with van der Waals surface area (Å²) in [5.74, 6) is -0.0778. The molecule has 0 unspecified atom stereocenters. The third kappa shape index (κ3) is 4.45. The topological polar surface area (TPSA) is 23.6 Å². The third-order valence-corrected chi connectivity index (χ3v) is 4.81. The Balaban J connectivity index is 1.62. The van der Waals surface area contributed by atoms with Crippen molar-refractivity contribution in [3.8, 4) is 0 Å². The van der Waals surface area contributed by atoms with Crippen molar-refractivity contribution in [1.29, 1.82) is 0 Å². The maximum absolute atomic E-state index is 13.0. The lowest BCUT2D eigenvalue weighted by Crippen LogP contribution is -2.35. The molecule has 1 heterocycles. The number of rotatable bonds is 3. The summed E-state index contributed by atoms with van der Waals surface area (Å²) in [6, 6.07) is 12.7. The second-order valence-electron chi connectivity index (χ2n) is 6.87. The molecule has 0 N–H and O–H groups in total. The van der Waals surface area contributed by atoms with Gasteiger partial charge in [-0.2, -0.15) is 0 Å². The smallest absolute Gasteiger partial charge is 0.254 e. The number of nitrogens with zero attached hydrogens (tertiary/aromatic N) is 2. The zero-order valence-corrected chi connectivity index (χ0v) is 15.0. The van der Waals surface area contributed by atoms with E-state index in [-0.39, 0.29) is 11.7 Å². The van der Waals surface area contributed by atoms with Crippen molar-refractivity contribution >= 4 is 5.91 Å². The molecule has 2 aromatic rings. The van der Waals surface area contributed by atoms with E-state index in [0.717, 1.165) is 55.8 Å². The van der Waals surface area contributed by atoms with E-state index in [0.29, 0.717) is 0 Å². The molecule has 0 saturated carbocycles. The molecule has 25 heavy (non-hydrogen) atoms. The predicted molar refractivity (Wildman–Crippen MR) is 98.1 cm³/mol. The molecule has 0 bridgehead atoms. The van der Waals surface area contributed by atoms with Crippen LogP contribution >= 0.6 is 0 Å². The number of amides is 1. The standard InChI is InChI=1S/C21H25FN2O/c1-16-4-9-20(17(2)14-16)21(25)24-11-3-10-23(12-13-24)15-18-5-7-19(22)8-6-18/h4-9,14H,3,10-13,15H2,1-2H3. The number of carbonyl (C=O) groups excluding carboxylic acids is 1. The van der Waals surface area contributed by atoms with Crippen molar-refractivity contribution in [1.82, 2.24) is 9.80 Å². The Labute approximate surface area is 149 Å². The van der Waals surface area contributed by atoms with Gasteiger partial charge in [-0.3, -0.25) is 9.69 Å². The Morgan fingerprint density at radius 1 is 1.00 bits per heavy atom. The van der Waals surface area contributed by atoms with Gasteiger partial charge in [0, 0.05) is 38.3 Å². The van der Waals surface area contributed by atoms with Crippen LogP contribution in [0.5, 0.6) is 0 Å². The summed E-state index contributed by atoms with van der Waals surface area (Å²) in [5.41, 5.74) is 4.13. The van der Waals surface area contributed by atoms with E-state index in [1.54, 1.807) is 0 Å². The fourth-order valence-electron chi connectivity index (χ4n) is 3.40. The number of halogens is 1. The summed E-state index contributed by atoms with van der Waals surface area (Å²) in [6.07, 6.45) is 0.956. The fourth-order valence-corrected chi connectivity index (χ4v) is 3.40. The van der Waals surface area contributed by atoms with Crippen molar-refractivity contribution in [2.45, 2.75) is 26.8 Å². The molecule has 4 heteroatoms. The van der Waals surface area contributed by atoms with E-state index in [9.17, 15) is 9.18 Å². The minimum absolute atomic E-state index is 0.126. The third-order valence-electron chi connectivity index (χ3n) is 4.81. The molecular weight excluding hydrogens is 315 g/mol. The van der Waals surface area contributed by atoms with Gasteiger partial charge in [0.2, 0.25) is 0 Å². The van der Waals surface area contributed by atoms with Crippen LogP contribution in [0.1, 0.15) is 33.5 Å². The van der Waals surface area contributed by atoms with E-state index in [4.69, 9.17) is 0 Å². The Hall–Kier alpha value is -2.20. The fraction of sp³-hybridized carbons (Fsp3) is 0.381. The maximum Gasteiger partial charge on any atom is 0.254 e. The lowest BCUT2D eigenvalue weighted by molar-refractivity contribution is 0.0760. The molecule has 0 atom stereocenters. The summed E-state index contributed by atoms with van der Waals surface area (Å²) in [6.45, 7) is 8.15. The number of benzene rings is 2. The zero-order chi connectivity index (χ0) is 17.8. The highest BCUT2D eigenvalue weighted by molar-refractivity contribution is 5.95. The van der Waals surface area contributed by atoms with Gasteiger partial charge >= 0.3 is 0 Å². The SMILES string of the molecule is Cc1ccc(C(=O)N2CCCN(Cc3ccc(F)cc3)CC2)c(C)c1. The van der Waals surface area contributed by atoms with E-state index < -0.39 is 0 Å². The highest BCUT2D eigenvalue weighted by Gasteiger charge is 2.21. The number of hydrogen-bond donors (Lipinski definition) is 0. The first kappa shape index (κ1) is 17.6. The van der Waals surface area contributed by atoms with E-state index >= 15 is 0 Å². The molecular formula is C21H25FN2O. The minimum atomic E-state index is -0.204. The predicted octanol–water partition coefficient (Wildman–Crippen LogP) is 3.79. The van der Waals surface area contributed by atoms with Crippen LogP contribution in [-0.4, -0.2) is 41.9 Å². The molecule has 1 saturated heterocycles. The van der Waals surface area contributed by atoms with Gasteiger partial charge in [0.05, 0.1) is 0 Å². The van der Waals surface area contributed by atoms with Gasteiger partial charge in [0.25, 0.3) is 5.91 Å². The highest BCUT2D eigenvalue weighted by Crippen LogP contribution is 2.16. The van der Waals surface area contributed by atoms with Crippen LogP contribution in [0.25, 0.3) is 0 Å². The second-order valence-corrected chi connectivity index (χ2v) is 6.87. The van der Waals surface area contributed by atoms with E-state index in [2.05, 4.69) is 11.0 Å². The first-order chi connectivity index (χ1) is 12.0. The van der Waals surface area contributed by atoms with Crippen LogP contribution in [0, 0.1) is 19.7 Å². The number of carbonyl (C=O) groups is 1. The average Bonchev–Trinajstić information content (AvgIpc) is 2.82. The summed E-state index contributed by atoms with van der Waals surface area (Å²) < 4.78 is 13.0. The Morgan fingerprint density at radius 3 is 2.48 bits per heavy atom. The normalized spacial score (nSPS) is 15.9. The molecule has 3 rings (SSSR count). The lowest BCUT2D eigenvalue weighted by Gasteiger charge is -2.23. The van der Waals surface area contributed by atoms with Gasteiger partial charge in [0.1, 0.15) is 5.82 Å².